The molecule has 0 spiro atoms. The van der Waals surface area contributed by atoms with Gasteiger partial charge in [0.25, 0.3) is 0 Å². The average molecular weight is 420 g/mol. The van der Waals surface area contributed by atoms with E-state index in [1.807, 2.05) is 14.1 Å². The topological polar surface area (TPSA) is 44.9 Å². The van der Waals surface area contributed by atoms with Crippen LogP contribution in [0.1, 0.15) is 25.7 Å². The van der Waals surface area contributed by atoms with Crippen LogP contribution in [-0.4, -0.2) is 61.2 Å². The molecule has 0 amide bonds. The number of hydrogen-bond acceptors (Lipinski definition) is 2. The zero-order chi connectivity index (χ0) is 14.9. The van der Waals surface area contributed by atoms with Crippen molar-refractivity contribution in [3.8, 4) is 0 Å². The van der Waals surface area contributed by atoms with Crippen LogP contribution in [0.25, 0.3) is 0 Å². The molecule has 1 aliphatic carbocycles. The summed E-state index contributed by atoms with van der Waals surface area (Å²) in [4.78, 5) is 8.34. The second-order valence-electron chi connectivity index (χ2n) is 6.01. The molecule has 0 aromatic heterocycles. The molecule has 1 saturated carbocycles. The molecule has 0 bridgehead atoms. The second kappa shape index (κ2) is 7.34. The van der Waals surface area contributed by atoms with Crippen LogP contribution in [0, 0.1) is 5.92 Å². The normalized spacial score (nSPS) is 28.7. The van der Waals surface area contributed by atoms with E-state index in [0.717, 1.165) is 12.8 Å². The van der Waals surface area contributed by atoms with E-state index in [4.69, 9.17) is 5.73 Å². The van der Waals surface area contributed by atoms with E-state index in [0.29, 0.717) is 25.1 Å². The molecule has 8 heteroatoms. The Bertz CT molecular complexity index is 359. The van der Waals surface area contributed by atoms with Crippen LogP contribution in [0.15, 0.2) is 4.99 Å². The number of alkyl halides is 3. The predicted octanol–water partition coefficient (Wildman–Crippen LogP) is 2.29. The lowest BCUT2D eigenvalue weighted by molar-refractivity contribution is -0.187. The van der Waals surface area contributed by atoms with Gasteiger partial charge in [0.05, 0.1) is 12.0 Å². The van der Waals surface area contributed by atoms with E-state index in [1.54, 1.807) is 4.90 Å². The quantitative estimate of drug-likeness (QED) is 0.424. The van der Waals surface area contributed by atoms with Crippen LogP contribution >= 0.6 is 24.0 Å². The zero-order valence-corrected chi connectivity index (χ0v) is 14.8. The molecule has 1 heterocycles. The van der Waals surface area contributed by atoms with Crippen molar-refractivity contribution in [1.29, 1.82) is 0 Å². The molecule has 124 valence electrons. The van der Waals surface area contributed by atoms with Crippen LogP contribution in [0.4, 0.5) is 13.2 Å². The molecular weight excluding hydrogens is 396 g/mol. The highest BCUT2D eigenvalue weighted by Crippen LogP contribution is 2.37. The Hall–Kier alpha value is -0.250. The van der Waals surface area contributed by atoms with Gasteiger partial charge < -0.3 is 15.5 Å². The maximum Gasteiger partial charge on any atom is 0.391 e. The van der Waals surface area contributed by atoms with Crippen LogP contribution in [0.3, 0.4) is 0 Å². The van der Waals surface area contributed by atoms with Crippen molar-refractivity contribution in [1.82, 2.24) is 9.80 Å². The summed E-state index contributed by atoms with van der Waals surface area (Å²) in [7, 11) is 3.69. The third-order valence-corrected chi connectivity index (χ3v) is 4.37. The third kappa shape index (κ3) is 4.87. The number of nitrogens with two attached hydrogens (primary N) is 1. The van der Waals surface area contributed by atoms with Crippen LogP contribution in [0.2, 0.25) is 0 Å². The first kappa shape index (κ1) is 18.8. The fourth-order valence-electron chi connectivity index (χ4n) is 2.86. The number of rotatable bonds is 2. The first-order chi connectivity index (χ1) is 9.27. The molecule has 0 atom stereocenters. The molecule has 2 aliphatic rings. The van der Waals surface area contributed by atoms with Gasteiger partial charge in [-0.25, -0.2) is 4.99 Å². The van der Waals surface area contributed by atoms with Crippen molar-refractivity contribution in [2.24, 2.45) is 16.6 Å². The van der Waals surface area contributed by atoms with Crippen molar-refractivity contribution in [2.45, 2.75) is 43.9 Å². The number of halogens is 4. The smallest absolute Gasteiger partial charge is 0.370 e. The SMILES string of the molecule is CN(C)C(N)=NC1CC(N2CCC(C(F)(F)F)CC2)C1.I. The van der Waals surface area contributed by atoms with Gasteiger partial charge in [-0.05, 0) is 38.8 Å². The highest BCUT2D eigenvalue weighted by Gasteiger charge is 2.43. The molecule has 0 aromatic carbocycles. The molecule has 1 saturated heterocycles. The zero-order valence-electron chi connectivity index (χ0n) is 12.4. The van der Waals surface area contributed by atoms with Gasteiger partial charge >= 0.3 is 6.18 Å². The Balaban J connectivity index is 0.00000220. The lowest BCUT2D eigenvalue weighted by Crippen LogP contribution is -2.51. The van der Waals surface area contributed by atoms with Crippen molar-refractivity contribution < 1.29 is 13.2 Å². The molecule has 2 N–H and O–H groups in total. The standard InChI is InChI=1S/C13H23F3N4.HI/c1-19(2)12(17)18-10-7-11(8-10)20-5-3-9(4-6-20)13(14,15)16;/h9-11H,3-8H2,1-2H3,(H2,17,18);1H. The highest BCUT2D eigenvalue weighted by atomic mass is 127. The van der Waals surface area contributed by atoms with Crippen LogP contribution in [0.5, 0.6) is 0 Å². The number of piperidine rings is 1. The Morgan fingerprint density at radius 1 is 1.19 bits per heavy atom. The summed E-state index contributed by atoms with van der Waals surface area (Å²) in [6, 6.07) is 0.607. The minimum absolute atomic E-state index is 0. The first-order valence-corrected chi connectivity index (χ1v) is 7.08. The Morgan fingerprint density at radius 2 is 1.71 bits per heavy atom. The number of hydrogen-bond donors (Lipinski definition) is 1. The van der Waals surface area contributed by atoms with Gasteiger partial charge in [-0.1, -0.05) is 0 Å². The van der Waals surface area contributed by atoms with E-state index < -0.39 is 12.1 Å². The third-order valence-electron chi connectivity index (χ3n) is 4.37. The predicted molar refractivity (Wildman–Crippen MR) is 87.9 cm³/mol. The fraction of sp³-hybridized carbons (Fsp3) is 0.923. The molecule has 21 heavy (non-hydrogen) atoms. The lowest BCUT2D eigenvalue weighted by atomic mass is 9.83. The molecule has 0 unspecified atom stereocenters. The molecule has 0 radical (unpaired) electrons. The van der Waals surface area contributed by atoms with Crippen LogP contribution in [-0.2, 0) is 0 Å². The molecule has 2 fully saturated rings. The summed E-state index contributed by atoms with van der Waals surface area (Å²) < 4.78 is 37.8. The van der Waals surface area contributed by atoms with E-state index in [1.165, 1.54) is 0 Å². The summed E-state index contributed by atoms with van der Waals surface area (Å²) in [6.07, 6.45) is -1.75. The average Bonchev–Trinajstić information content (AvgIpc) is 2.32. The Kier molecular flexibility index (Phi) is 6.57. The second-order valence-corrected chi connectivity index (χ2v) is 6.01. The van der Waals surface area contributed by atoms with Gasteiger partial charge in [0.1, 0.15) is 0 Å². The maximum atomic E-state index is 12.6. The van der Waals surface area contributed by atoms with Gasteiger partial charge in [-0.15, -0.1) is 24.0 Å². The monoisotopic (exact) mass is 420 g/mol. The minimum atomic E-state index is -4.03. The molecular formula is C13H24F3IN4. The number of guanidine groups is 1. The summed E-state index contributed by atoms with van der Waals surface area (Å²) in [5.41, 5.74) is 5.75. The Labute approximate surface area is 141 Å². The molecule has 2 rings (SSSR count). The first-order valence-electron chi connectivity index (χ1n) is 7.08. The van der Waals surface area contributed by atoms with Gasteiger partial charge in [0.2, 0.25) is 0 Å². The minimum Gasteiger partial charge on any atom is -0.370 e. The van der Waals surface area contributed by atoms with E-state index in [-0.39, 0.29) is 42.9 Å². The van der Waals surface area contributed by atoms with Crippen molar-refractivity contribution in [3.05, 3.63) is 0 Å². The summed E-state index contributed by atoms with van der Waals surface area (Å²) >= 11 is 0. The van der Waals surface area contributed by atoms with Crippen molar-refractivity contribution >= 4 is 29.9 Å². The van der Waals surface area contributed by atoms with E-state index in [9.17, 15) is 13.2 Å². The number of nitrogens with zero attached hydrogens (tertiary/aromatic N) is 3. The number of likely N-dealkylation sites (tertiary alicyclic amines) is 1. The Morgan fingerprint density at radius 3 is 2.14 bits per heavy atom. The molecule has 4 nitrogen and oxygen atoms in total. The van der Waals surface area contributed by atoms with Crippen LogP contribution < -0.4 is 5.73 Å². The highest BCUT2D eigenvalue weighted by molar-refractivity contribution is 14.0. The van der Waals surface area contributed by atoms with Gasteiger partial charge in [0, 0.05) is 20.1 Å². The van der Waals surface area contributed by atoms with E-state index >= 15 is 0 Å². The fourth-order valence-corrected chi connectivity index (χ4v) is 2.86. The molecule has 0 aromatic rings. The lowest BCUT2D eigenvalue weighted by Gasteiger charge is -2.44. The summed E-state index contributed by atoms with van der Waals surface area (Å²) in [5.74, 6) is -0.596. The van der Waals surface area contributed by atoms with Gasteiger partial charge in [-0.3, -0.25) is 0 Å². The van der Waals surface area contributed by atoms with Gasteiger partial charge in [0.15, 0.2) is 5.96 Å². The van der Waals surface area contributed by atoms with Crippen molar-refractivity contribution in [2.75, 3.05) is 27.2 Å². The van der Waals surface area contributed by atoms with Crippen molar-refractivity contribution in [3.63, 3.8) is 0 Å². The van der Waals surface area contributed by atoms with E-state index in [2.05, 4.69) is 9.89 Å². The largest absolute Gasteiger partial charge is 0.391 e. The summed E-state index contributed by atoms with van der Waals surface area (Å²) in [5, 5.41) is 0. The number of aliphatic imine (C=N–C) groups is 1. The van der Waals surface area contributed by atoms with Gasteiger partial charge in [-0.2, -0.15) is 13.2 Å². The molecule has 1 aliphatic heterocycles. The summed E-state index contributed by atoms with van der Waals surface area (Å²) in [6.45, 7) is 1.10. The maximum absolute atomic E-state index is 12.6.